The second-order valence-electron chi connectivity index (χ2n) is 5.82. The number of fused-ring (bicyclic) bond motifs is 1. The van der Waals surface area contributed by atoms with Crippen molar-refractivity contribution in [1.82, 2.24) is 19.8 Å². The van der Waals surface area contributed by atoms with E-state index in [2.05, 4.69) is 9.97 Å². The highest BCUT2D eigenvalue weighted by Gasteiger charge is 2.37. The Balaban J connectivity index is 1.80. The van der Waals surface area contributed by atoms with E-state index in [4.69, 9.17) is 10.5 Å². The number of carbonyl (C=O) groups excluding carboxylic acids is 1. The van der Waals surface area contributed by atoms with Gasteiger partial charge in [-0.15, -0.1) is 0 Å². The molecule has 2 amide bonds. The Morgan fingerprint density at radius 3 is 2.92 bits per heavy atom. The van der Waals surface area contributed by atoms with Crippen molar-refractivity contribution in [3.63, 3.8) is 0 Å². The molecule has 25 heavy (non-hydrogen) atoms. The zero-order valence-corrected chi connectivity index (χ0v) is 13.8. The van der Waals surface area contributed by atoms with Crippen molar-refractivity contribution in [3.8, 4) is 0 Å². The number of amides is 2. The number of hydrogen-bond acceptors (Lipinski definition) is 6. The molecule has 132 valence electrons. The predicted molar refractivity (Wildman–Crippen MR) is 89.8 cm³/mol. The van der Waals surface area contributed by atoms with Gasteiger partial charge in [0.1, 0.15) is 18.2 Å². The number of ether oxygens (including phenoxy) is 1. The second kappa shape index (κ2) is 6.89. The third-order valence-electron chi connectivity index (χ3n) is 4.26. The molecule has 0 spiro atoms. The van der Waals surface area contributed by atoms with Gasteiger partial charge in [0.05, 0.1) is 12.1 Å². The molecule has 9 nitrogen and oxygen atoms in total. The Morgan fingerprint density at radius 1 is 1.40 bits per heavy atom. The van der Waals surface area contributed by atoms with Gasteiger partial charge in [-0.3, -0.25) is 9.69 Å². The fourth-order valence-electron chi connectivity index (χ4n) is 2.99. The van der Waals surface area contributed by atoms with Crippen LogP contribution in [0.25, 0.3) is 10.9 Å². The van der Waals surface area contributed by atoms with Crippen LogP contribution in [0, 0.1) is 0 Å². The van der Waals surface area contributed by atoms with Crippen molar-refractivity contribution in [2.24, 2.45) is 0 Å². The van der Waals surface area contributed by atoms with E-state index in [0.717, 1.165) is 15.8 Å². The summed E-state index contributed by atoms with van der Waals surface area (Å²) in [7, 11) is 1.44. The van der Waals surface area contributed by atoms with Gasteiger partial charge in [0, 0.05) is 32.1 Å². The molecule has 9 heteroatoms. The van der Waals surface area contributed by atoms with Gasteiger partial charge < -0.3 is 20.5 Å². The van der Waals surface area contributed by atoms with Crippen molar-refractivity contribution in [3.05, 3.63) is 30.1 Å². The zero-order valence-electron chi connectivity index (χ0n) is 13.8. The molecule has 1 fully saturated rings. The number of nitrogens with zero attached hydrogens (tertiary/aromatic N) is 4. The Bertz CT molecular complexity index is 812. The van der Waals surface area contributed by atoms with Gasteiger partial charge in [-0.25, -0.2) is 14.8 Å². The van der Waals surface area contributed by atoms with Crippen molar-refractivity contribution in [2.45, 2.75) is 12.6 Å². The molecule has 3 rings (SSSR count). The maximum atomic E-state index is 12.6. The Kier molecular flexibility index (Phi) is 4.66. The van der Waals surface area contributed by atoms with E-state index in [-0.39, 0.29) is 19.1 Å². The van der Waals surface area contributed by atoms with Crippen LogP contribution in [0.1, 0.15) is 5.56 Å². The van der Waals surface area contributed by atoms with Crippen molar-refractivity contribution >= 4 is 28.7 Å². The first-order chi connectivity index (χ1) is 12.0. The molecule has 1 saturated heterocycles. The number of piperazine rings is 1. The molecule has 1 aromatic heterocycles. The van der Waals surface area contributed by atoms with E-state index in [9.17, 15) is 14.7 Å². The molecule has 2 heterocycles. The molecule has 1 atom stereocenters. The highest BCUT2D eigenvalue weighted by atomic mass is 16.5. The van der Waals surface area contributed by atoms with Gasteiger partial charge in [0.25, 0.3) is 0 Å². The number of nitrogens with two attached hydrogens (primary N) is 1. The normalized spacial score (nSPS) is 18.0. The van der Waals surface area contributed by atoms with Gasteiger partial charge in [0.2, 0.25) is 5.91 Å². The first-order valence-electron chi connectivity index (χ1n) is 7.77. The van der Waals surface area contributed by atoms with E-state index in [1.54, 1.807) is 4.90 Å². The summed E-state index contributed by atoms with van der Waals surface area (Å²) in [6.45, 7) is 0.975. The molecule has 0 bridgehead atoms. The number of carbonyl (C=O) groups is 2. The molecule has 1 aromatic carbocycles. The molecule has 1 aliphatic heterocycles. The van der Waals surface area contributed by atoms with Gasteiger partial charge in [0.15, 0.2) is 0 Å². The molecule has 1 aliphatic rings. The van der Waals surface area contributed by atoms with E-state index in [1.807, 2.05) is 18.2 Å². The molecule has 0 radical (unpaired) electrons. The predicted octanol–water partition coefficient (Wildman–Crippen LogP) is 0.549. The smallest absolute Gasteiger partial charge is 0.408 e. The molecule has 0 aliphatic carbocycles. The van der Waals surface area contributed by atoms with Crippen LogP contribution in [0.3, 0.4) is 0 Å². The maximum absolute atomic E-state index is 12.6. The van der Waals surface area contributed by atoms with Gasteiger partial charge in [-0.1, -0.05) is 6.07 Å². The van der Waals surface area contributed by atoms with Gasteiger partial charge >= 0.3 is 6.09 Å². The molecule has 1 unspecified atom stereocenters. The Labute approximate surface area is 144 Å². The standard InChI is InChI=1S/C16H19N5O4/c1-25-8-13-15(22)20(4-5-21(13)16(23)24)7-10-2-3-11-12(6-10)18-9-19-14(11)17/h2-3,6,9,13H,4-5,7-8H2,1H3,(H,23,24)(H2,17,18,19). The minimum Gasteiger partial charge on any atom is -0.465 e. The quantitative estimate of drug-likeness (QED) is 0.829. The zero-order chi connectivity index (χ0) is 18.0. The maximum Gasteiger partial charge on any atom is 0.408 e. The average Bonchev–Trinajstić information content (AvgIpc) is 2.58. The van der Waals surface area contributed by atoms with E-state index in [0.29, 0.717) is 24.4 Å². The number of rotatable bonds is 4. The fraction of sp³-hybridized carbons (Fsp3) is 0.375. The molecular formula is C16H19N5O4. The number of benzene rings is 1. The largest absolute Gasteiger partial charge is 0.465 e. The summed E-state index contributed by atoms with van der Waals surface area (Å²) >= 11 is 0. The first kappa shape index (κ1) is 16.9. The van der Waals surface area contributed by atoms with Crippen LogP contribution in [0.2, 0.25) is 0 Å². The Hall–Kier alpha value is -2.94. The van der Waals surface area contributed by atoms with E-state index in [1.165, 1.54) is 13.4 Å². The number of carboxylic acid groups (broad SMARTS) is 1. The minimum atomic E-state index is -1.12. The summed E-state index contributed by atoms with van der Waals surface area (Å²) in [6.07, 6.45) is 0.278. The number of hydrogen-bond donors (Lipinski definition) is 2. The van der Waals surface area contributed by atoms with Crippen LogP contribution in [-0.4, -0.2) is 69.7 Å². The second-order valence-corrected chi connectivity index (χ2v) is 5.82. The lowest BCUT2D eigenvalue weighted by molar-refractivity contribution is -0.143. The van der Waals surface area contributed by atoms with Crippen LogP contribution >= 0.6 is 0 Å². The van der Waals surface area contributed by atoms with Crippen LogP contribution in [0.4, 0.5) is 10.6 Å². The summed E-state index contributed by atoms with van der Waals surface area (Å²) in [5.74, 6) is 0.139. The van der Waals surface area contributed by atoms with Crippen molar-refractivity contribution < 1.29 is 19.4 Å². The summed E-state index contributed by atoms with van der Waals surface area (Å²) in [4.78, 5) is 34.8. The van der Waals surface area contributed by atoms with Crippen LogP contribution < -0.4 is 5.73 Å². The summed E-state index contributed by atoms with van der Waals surface area (Å²) in [5.41, 5.74) is 7.41. The highest BCUT2D eigenvalue weighted by Crippen LogP contribution is 2.20. The third kappa shape index (κ3) is 3.31. The SMILES string of the molecule is COCC1C(=O)N(Cc2ccc3c(N)ncnc3c2)CCN1C(=O)O. The fourth-order valence-corrected chi connectivity index (χ4v) is 2.99. The third-order valence-corrected chi connectivity index (χ3v) is 4.26. The summed E-state index contributed by atoms with van der Waals surface area (Å²) in [5, 5.41) is 10.0. The molecular weight excluding hydrogens is 326 g/mol. The molecule has 0 saturated carbocycles. The first-order valence-corrected chi connectivity index (χ1v) is 7.77. The van der Waals surface area contributed by atoms with Crippen molar-refractivity contribution in [1.29, 1.82) is 0 Å². The summed E-state index contributed by atoms with van der Waals surface area (Å²) in [6, 6.07) is 4.72. The number of nitrogen functional groups attached to an aromatic ring is 1. The van der Waals surface area contributed by atoms with Gasteiger partial charge in [-0.05, 0) is 17.7 Å². The Morgan fingerprint density at radius 2 is 2.20 bits per heavy atom. The number of methoxy groups -OCH3 is 1. The number of anilines is 1. The highest BCUT2D eigenvalue weighted by molar-refractivity contribution is 5.89. The monoisotopic (exact) mass is 345 g/mol. The van der Waals surface area contributed by atoms with Gasteiger partial charge in [-0.2, -0.15) is 0 Å². The van der Waals surface area contributed by atoms with Crippen LogP contribution in [-0.2, 0) is 16.1 Å². The van der Waals surface area contributed by atoms with E-state index >= 15 is 0 Å². The average molecular weight is 345 g/mol. The lowest BCUT2D eigenvalue weighted by Crippen LogP contribution is -2.59. The lowest BCUT2D eigenvalue weighted by Gasteiger charge is -2.38. The van der Waals surface area contributed by atoms with Crippen LogP contribution in [0.5, 0.6) is 0 Å². The lowest BCUT2D eigenvalue weighted by atomic mass is 10.1. The van der Waals surface area contributed by atoms with E-state index < -0.39 is 12.1 Å². The minimum absolute atomic E-state index is 0.0309. The van der Waals surface area contributed by atoms with Crippen molar-refractivity contribution in [2.75, 3.05) is 32.5 Å². The molecule has 3 N–H and O–H groups in total. The summed E-state index contributed by atoms with van der Waals surface area (Å²) < 4.78 is 5.02. The number of aromatic nitrogens is 2. The molecule has 2 aromatic rings. The topological polar surface area (TPSA) is 122 Å². The van der Waals surface area contributed by atoms with Crippen LogP contribution in [0.15, 0.2) is 24.5 Å².